The third-order valence-corrected chi connectivity index (χ3v) is 3.93. The van der Waals surface area contributed by atoms with Gasteiger partial charge in [0.05, 0.1) is 38.5 Å². The summed E-state index contributed by atoms with van der Waals surface area (Å²) in [5.74, 6) is 0.702. The first-order valence-electron chi connectivity index (χ1n) is 6.17. The summed E-state index contributed by atoms with van der Waals surface area (Å²) in [7, 11) is 2.30. The number of ether oxygens (including phenoxy) is 1. The van der Waals surface area contributed by atoms with Gasteiger partial charge >= 0.3 is 0 Å². The lowest BCUT2D eigenvalue weighted by atomic mass is 10.0. The molecule has 1 unspecified atom stereocenters. The fourth-order valence-electron chi connectivity index (χ4n) is 2.15. The number of nitrogens with zero attached hydrogens (tertiary/aromatic N) is 3. The molecule has 17 heavy (non-hydrogen) atoms. The number of rotatable bonds is 4. The van der Waals surface area contributed by atoms with E-state index < -0.39 is 0 Å². The molecule has 0 aromatic carbocycles. The van der Waals surface area contributed by atoms with Crippen molar-refractivity contribution in [3.63, 3.8) is 0 Å². The number of aromatic nitrogens is 2. The van der Waals surface area contributed by atoms with Gasteiger partial charge in [-0.25, -0.2) is 0 Å². The molecule has 0 N–H and O–H groups in total. The van der Waals surface area contributed by atoms with Crippen molar-refractivity contribution in [3.05, 3.63) is 11.8 Å². The van der Waals surface area contributed by atoms with E-state index in [1.807, 2.05) is 6.92 Å². The molecule has 0 radical (unpaired) electrons. The molecule has 1 aromatic heterocycles. The zero-order chi connectivity index (χ0) is 12.3. The molecule has 5 heteroatoms. The smallest absolute Gasteiger partial charge is 0.253 e. The van der Waals surface area contributed by atoms with Crippen LogP contribution >= 0.6 is 11.7 Å². The third-order valence-electron chi connectivity index (χ3n) is 3.42. The summed E-state index contributed by atoms with van der Waals surface area (Å²) in [6.45, 7) is 8.25. The second-order valence-electron chi connectivity index (χ2n) is 4.69. The Kier molecular flexibility index (Phi) is 3.79. The molecule has 0 fully saturated rings. The third kappa shape index (κ3) is 2.66. The Morgan fingerprint density at radius 2 is 2.24 bits per heavy atom. The maximum Gasteiger partial charge on any atom is 0.253 e. The predicted octanol–water partition coefficient (Wildman–Crippen LogP) is 2.19. The van der Waals surface area contributed by atoms with Gasteiger partial charge in [-0.2, -0.15) is 4.37 Å². The number of hydrogen-bond donors (Lipinski definition) is 0. The van der Waals surface area contributed by atoms with Gasteiger partial charge in [-0.15, -0.1) is 4.37 Å². The summed E-state index contributed by atoms with van der Waals surface area (Å²) in [6.07, 6.45) is 3.40. The molecule has 1 aliphatic heterocycles. The zero-order valence-corrected chi connectivity index (χ0v) is 11.6. The van der Waals surface area contributed by atoms with Crippen LogP contribution in [0, 0.1) is 0 Å². The fourth-order valence-corrected chi connectivity index (χ4v) is 2.69. The van der Waals surface area contributed by atoms with E-state index in [4.69, 9.17) is 4.74 Å². The van der Waals surface area contributed by atoms with Crippen LogP contribution in [0.3, 0.4) is 0 Å². The van der Waals surface area contributed by atoms with E-state index in [1.54, 1.807) is 0 Å². The van der Waals surface area contributed by atoms with Gasteiger partial charge in [-0.3, -0.25) is 0 Å². The maximum absolute atomic E-state index is 5.52. The van der Waals surface area contributed by atoms with Gasteiger partial charge in [-0.05, 0) is 13.8 Å². The van der Waals surface area contributed by atoms with Crippen LogP contribution in [-0.2, 0) is 0 Å². The molecule has 0 saturated heterocycles. The van der Waals surface area contributed by atoms with Gasteiger partial charge in [0.1, 0.15) is 12.2 Å². The Morgan fingerprint density at radius 3 is 2.94 bits per heavy atom. The molecule has 94 valence electrons. The van der Waals surface area contributed by atoms with E-state index in [-0.39, 0.29) is 0 Å². The molecule has 4 nitrogen and oxygen atoms in total. The first-order chi connectivity index (χ1) is 8.18. The minimum atomic E-state index is 0.644. The molecular weight excluding hydrogens is 234 g/mol. The highest BCUT2D eigenvalue weighted by molar-refractivity contribution is 6.99. The Bertz CT molecular complexity index is 416. The van der Waals surface area contributed by atoms with Gasteiger partial charge in [0.25, 0.3) is 5.88 Å². The molecule has 0 amide bonds. The molecule has 2 heterocycles. The molecule has 2 rings (SSSR count). The monoisotopic (exact) mass is 254 g/mol. The Balaban J connectivity index is 2.22. The second kappa shape index (κ2) is 5.14. The van der Waals surface area contributed by atoms with Crippen molar-refractivity contribution in [2.75, 3.05) is 33.3 Å². The molecule has 1 atom stereocenters. The summed E-state index contributed by atoms with van der Waals surface area (Å²) in [5, 5.41) is 0. The topological polar surface area (TPSA) is 35.0 Å². The number of quaternary nitrogens is 1. The molecule has 1 aromatic rings. The van der Waals surface area contributed by atoms with E-state index in [0.717, 1.165) is 29.7 Å². The van der Waals surface area contributed by atoms with Crippen molar-refractivity contribution in [1.82, 2.24) is 8.75 Å². The molecular formula is C12H20N3OS+. The summed E-state index contributed by atoms with van der Waals surface area (Å²) >= 11 is 1.23. The standard InChI is InChI=1S/C12H20N3OS/c1-4-15(3)8-6-7-10(9-15)11-12(16-5-2)14-17-13-11/h7H,4-6,8-9H2,1-3H3/q+1. The van der Waals surface area contributed by atoms with Crippen molar-refractivity contribution in [3.8, 4) is 5.88 Å². The fraction of sp³-hybridized carbons (Fsp3) is 0.667. The Labute approximate surface area is 107 Å². The summed E-state index contributed by atoms with van der Waals surface area (Å²) < 4.78 is 15.2. The summed E-state index contributed by atoms with van der Waals surface area (Å²) in [4.78, 5) is 0. The maximum atomic E-state index is 5.52. The van der Waals surface area contributed by atoms with Gasteiger partial charge in [0.2, 0.25) is 0 Å². The average Bonchev–Trinajstić information content (AvgIpc) is 2.78. The highest BCUT2D eigenvalue weighted by atomic mass is 32.1. The highest BCUT2D eigenvalue weighted by Crippen LogP contribution is 2.29. The van der Waals surface area contributed by atoms with Crippen LogP contribution in [0.1, 0.15) is 26.0 Å². The first-order valence-corrected chi connectivity index (χ1v) is 6.90. The van der Waals surface area contributed by atoms with Crippen molar-refractivity contribution >= 4 is 17.3 Å². The highest BCUT2D eigenvalue weighted by Gasteiger charge is 2.28. The molecule has 0 aliphatic carbocycles. The van der Waals surface area contributed by atoms with Crippen LogP contribution in [0.2, 0.25) is 0 Å². The SMILES string of the molecule is CCOc1nsnc1C1=CCC[N+](C)(CC)C1. The molecule has 1 aliphatic rings. The zero-order valence-electron chi connectivity index (χ0n) is 10.8. The Morgan fingerprint density at radius 1 is 1.41 bits per heavy atom. The van der Waals surface area contributed by atoms with E-state index >= 15 is 0 Å². The van der Waals surface area contributed by atoms with Crippen molar-refractivity contribution in [1.29, 1.82) is 0 Å². The van der Waals surface area contributed by atoms with Gasteiger partial charge < -0.3 is 9.22 Å². The van der Waals surface area contributed by atoms with Crippen LogP contribution in [0.15, 0.2) is 6.08 Å². The van der Waals surface area contributed by atoms with Crippen molar-refractivity contribution in [2.45, 2.75) is 20.3 Å². The minimum absolute atomic E-state index is 0.644. The van der Waals surface area contributed by atoms with E-state index in [1.165, 1.54) is 23.8 Å². The van der Waals surface area contributed by atoms with Crippen molar-refractivity contribution in [2.24, 2.45) is 0 Å². The van der Waals surface area contributed by atoms with Crippen LogP contribution < -0.4 is 4.74 Å². The minimum Gasteiger partial charge on any atom is -0.476 e. The van der Waals surface area contributed by atoms with Gasteiger partial charge in [0.15, 0.2) is 0 Å². The lowest BCUT2D eigenvalue weighted by Crippen LogP contribution is -2.47. The number of hydrogen-bond acceptors (Lipinski definition) is 4. The normalized spacial score (nSPS) is 24.5. The largest absolute Gasteiger partial charge is 0.476 e. The van der Waals surface area contributed by atoms with Crippen LogP contribution in [0.5, 0.6) is 5.88 Å². The van der Waals surface area contributed by atoms with E-state index in [0.29, 0.717) is 12.5 Å². The predicted molar refractivity (Wildman–Crippen MR) is 70.1 cm³/mol. The van der Waals surface area contributed by atoms with Crippen LogP contribution in [0.4, 0.5) is 0 Å². The van der Waals surface area contributed by atoms with Gasteiger partial charge in [-0.1, -0.05) is 6.08 Å². The van der Waals surface area contributed by atoms with Gasteiger partial charge in [0, 0.05) is 12.0 Å². The molecule has 0 bridgehead atoms. The molecule has 0 saturated carbocycles. The second-order valence-corrected chi connectivity index (χ2v) is 5.21. The average molecular weight is 254 g/mol. The summed E-state index contributed by atoms with van der Waals surface area (Å²) in [5.41, 5.74) is 2.24. The van der Waals surface area contributed by atoms with E-state index in [2.05, 4.69) is 28.8 Å². The van der Waals surface area contributed by atoms with Crippen LogP contribution in [0.25, 0.3) is 5.57 Å². The van der Waals surface area contributed by atoms with E-state index in [9.17, 15) is 0 Å². The molecule has 0 spiro atoms. The summed E-state index contributed by atoms with van der Waals surface area (Å²) in [6, 6.07) is 0. The van der Waals surface area contributed by atoms with Crippen molar-refractivity contribution < 1.29 is 9.22 Å². The van der Waals surface area contributed by atoms with Crippen LogP contribution in [-0.4, -0.2) is 46.5 Å². The Hall–Kier alpha value is -0.940. The lowest BCUT2D eigenvalue weighted by Gasteiger charge is -2.36. The lowest BCUT2D eigenvalue weighted by molar-refractivity contribution is -0.901. The first kappa shape index (κ1) is 12.5. The number of likely N-dealkylation sites (N-methyl/N-ethyl adjacent to an activating group) is 1. The quantitative estimate of drug-likeness (QED) is 0.773.